The number of allylic oxidation sites excluding steroid dienone is 44. The van der Waals surface area contributed by atoms with Crippen LogP contribution >= 0.6 is 0 Å². The summed E-state index contributed by atoms with van der Waals surface area (Å²) in [6.45, 7) is 16.2. The van der Waals surface area contributed by atoms with E-state index >= 15 is 0 Å². The number of carboxylic acids is 8. The molecule has 0 aromatic carbocycles. The fraction of sp³-hybridized carbons (Fsp3) is 0.407. The van der Waals surface area contributed by atoms with Crippen LogP contribution in [0.3, 0.4) is 0 Å². The van der Waals surface area contributed by atoms with Crippen LogP contribution in [0.2, 0.25) is 0 Å². The van der Waals surface area contributed by atoms with Gasteiger partial charge in [-0.3, -0.25) is 99.0 Å². The van der Waals surface area contributed by atoms with Crippen LogP contribution in [0.1, 0.15) is 287 Å². The van der Waals surface area contributed by atoms with Gasteiger partial charge in [0, 0.05) is 12.2 Å². The van der Waals surface area contributed by atoms with E-state index in [1.165, 1.54) is 12.2 Å². The van der Waals surface area contributed by atoms with Gasteiger partial charge in [0.15, 0.2) is 0 Å². The van der Waals surface area contributed by atoms with Gasteiger partial charge in [0.2, 0.25) is 22.8 Å². The summed E-state index contributed by atoms with van der Waals surface area (Å²) in [7, 11) is 0. The Hall–Kier alpha value is -15.1. The van der Waals surface area contributed by atoms with Gasteiger partial charge in [-0.1, -0.05) is 323 Å². The number of hydrogen-bond acceptors (Lipinski definition) is 20. The summed E-state index contributed by atoms with van der Waals surface area (Å²) in [6.07, 6.45) is 112. The van der Waals surface area contributed by atoms with Crippen molar-refractivity contribution in [3.8, 4) is 0 Å². The highest BCUT2D eigenvalue weighted by atomic mass is 16.6. The number of aliphatic carboxylic acids is 8. The van der Waals surface area contributed by atoms with Gasteiger partial charge in [0.1, 0.15) is 12.8 Å². The second-order valence-electron chi connectivity index (χ2n) is 28.7. The molecule has 784 valence electrons. The number of carboxylic acid groups (broad SMARTS) is 8. The number of carbonyl (C=O) groups is 8. The molecule has 0 radical (unpaired) electrons. The Morgan fingerprint density at radius 1 is 0.155 bits per heavy atom. The molecule has 0 saturated carbocycles. The highest BCUT2D eigenvalue weighted by molar-refractivity contribution is 5.71. The Bertz CT molecular complexity index is 4470. The van der Waals surface area contributed by atoms with E-state index in [2.05, 4.69) is 107 Å². The number of hydrogen-bond donors (Lipinski definition) is 8. The van der Waals surface area contributed by atoms with Crippen molar-refractivity contribution >= 4 is 47.8 Å². The summed E-state index contributed by atoms with van der Waals surface area (Å²) in [6, 6.07) is 0. The Balaban J connectivity index is -0.000000241. The lowest BCUT2D eigenvalue weighted by atomic mass is 10.2. The number of rotatable bonds is 70. The van der Waals surface area contributed by atoms with Crippen LogP contribution < -0.4 is 0 Å². The molecule has 0 spiro atoms. The fourth-order valence-corrected chi connectivity index (χ4v) is 9.49. The van der Waals surface area contributed by atoms with E-state index in [1.54, 1.807) is 91.1 Å². The van der Waals surface area contributed by atoms with Gasteiger partial charge in [0.05, 0.1) is 93.7 Å². The van der Waals surface area contributed by atoms with Gasteiger partial charge in [-0.2, -0.15) is 0 Å². The predicted octanol–water partition coefficient (Wildman–Crippen LogP) is 28.0. The van der Waals surface area contributed by atoms with Crippen molar-refractivity contribution in [3.63, 3.8) is 0 Å². The Kier molecular flexibility index (Phi) is 115. The zero-order chi connectivity index (χ0) is 108. The van der Waals surface area contributed by atoms with E-state index in [9.17, 15) is 99.0 Å². The van der Waals surface area contributed by atoms with Crippen LogP contribution in [0, 0.1) is 60.7 Å². The minimum Gasteiger partial charge on any atom is -0.481 e. The summed E-state index contributed by atoms with van der Waals surface area (Å²) in [4.78, 5) is 142. The van der Waals surface area contributed by atoms with Gasteiger partial charge < -0.3 is 40.9 Å². The highest BCUT2D eigenvalue weighted by Gasteiger charge is 2.16. The molecule has 0 aliphatic rings. The standard InChI is InChI=1S/3C15H21NO4.C15H22O2.3C12H17NO4.C12H18O2/c1-2-11-14(16(19)20)12-9-7-5-3-4-6-8-10-13-15(17)18;1-2-3-4-5-6-7-8-9-10-11-14(16(19)20)12-13-15(17)18;1-2-3-4-5-6-7-8-9-10-11-12-14(16(19)20)13-15(17)18;1-2-3-4-5-6-7-8-9-10-11-12-13-14-15(16)17;1-2-8-11(13(16)17)9-6-4-3-5-7-10-12(14)15;1-2-3-4-5-6-7-8-11(13(16)17)9-10-12(14)15;1-2-3-4-5-6-7-8-9-11(13(16)17)10-12(14)15;1-2-3-4-5-6-7-8-9-10-11-12(13)14/h3-4,7-11H,2,5-6,12-13H2,1H3,(H,17,18);2*3-4,6-7,9-10,12H,2,5,8,11,13H2,1H3,(H,17,18);3-4,6-7,9-10,12-13H,2,5,8,11,14H2,1H3,(H,16,17);4-8H,2-3,9-10H2,1H3,(H,14,15);2*3-4,6-7,9H,2,5,8,10H2,1H3,(H,14,15);3-4,6-7,9-10H,2,5,8,11H2,1H3,(H,13,14)/b4-3-,9-7-,10-8-,14-11+;4-3-,7-6-,10-9-,14-12+;4-3-,7-6-,10-9-,14-12?;4-3-,7-6-,10-9-,13-12-;6-4-,7-5-,11-8+;4-3-,7-6-,11-9+;4-3-,7-6-,11-9?;4-3-,7-6-,10-9-. The third-order valence-electron chi connectivity index (χ3n) is 16.3. The van der Waals surface area contributed by atoms with Gasteiger partial charge >= 0.3 is 47.8 Å². The third kappa shape index (κ3) is 131. The molecule has 0 heterocycles. The maximum absolute atomic E-state index is 10.7. The van der Waals surface area contributed by atoms with Crippen molar-refractivity contribution in [3.05, 3.63) is 399 Å². The lowest BCUT2D eigenvalue weighted by Gasteiger charge is -1.93. The summed E-state index contributed by atoms with van der Waals surface area (Å²) in [5.41, 5.74) is -0.294. The van der Waals surface area contributed by atoms with E-state index in [-0.39, 0.29) is 95.4 Å². The third-order valence-corrected chi connectivity index (χ3v) is 16.3. The van der Waals surface area contributed by atoms with Crippen molar-refractivity contribution in [1.82, 2.24) is 0 Å². The zero-order valence-corrected chi connectivity index (χ0v) is 83.7. The molecule has 34 heteroatoms. The van der Waals surface area contributed by atoms with Crippen molar-refractivity contribution in [2.45, 2.75) is 287 Å². The van der Waals surface area contributed by atoms with Crippen molar-refractivity contribution in [2.24, 2.45) is 0 Å². The lowest BCUT2D eigenvalue weighted by Crippen LogP contribution is -2.05. The second kappa shape index (κ2) is 115. The van der Waals surface area contributed by atoms with Crippen LogP contribution in [0.5, 0.6) is 0 Å². The van der Waals surface area contributed by atoms with E-state index in [0.29, 0.717) is 64.2 Å². The molecule has 142 heavy (non-hydrogen) atoms. The van der Waals surface area contributed by atoms with E-state index in [4.69, 9.17) is 40.9 Å². The Labute approximate surface area is 837 Å². The summed E-state index contributed by atoms with van der Waals surface area (Å²) in [5.74, 6) is -7.80. The first kappa shape index (κ1) is 142. The smallest absolute Gasteiger partial charge is 0.314 e. The first-order chi connectivity index (χ1) is 68.0. The van der Waals surface area contributed by atoms with Gasteiger partial charge in [-0.05, 0) is 178 Å². The predicted molar refractivity (Wildman–Crippen MR) is 564 cm³/mol. The molecular weight excluding hydrogens is 1830 g/mol. The minimum absolute atomic E-state index is 0.00370. The maximum Gasteiger partial charge on any atom is 0.314 e. The van der Waals surface area contributed by atoms with Gasteiger partial charge in [-0.25, -0.2) is 0 Å². The molecule has 0 aromatic rings. The van der Waals surface area contributed by atoms with Crippen molar-refractivity contribution < 1.29 is 109 Å². The van der Waals surface area contributed by atoms with Crippen LogP contribution in [0.4, 0.5) is 0 Å². The molecule has 0 aliphatic carbocycles. The Morgan fingerprint density at radius 3 is 0.423 bits per heavy atom. The summed E-state index contributed by atoms with van der Waals surface area (Å²) >= 11 is 0. The molecule has 0 aliphatic heterocycles. The maximum atomic E-state index is 10.7. The first-order valence-electron chi connectivity index (χ1n) is 47.0. The fourth-order valence-electron chi connectivity index (χ4n) is 9.49. The van der Waals surface area contributed by atoms with Crippen LogP contribution in [-0.4, -0.2) is 118 Å². The van der Waals surface area contributed by atoms with Crippen molar-refractivity contribution in [2.75, 3.05) is 0 Å². The molecule has 0 fully saturated rings. The average Bonchev–Trinajstić information content (AvgIpc) is 1.77. The quantitative estimate of drug-likeness (QED) is 0.0159. The number of nitro groups is 6. The first-order valence-corrected chi connectivity index (χ1v) is 47.0. The molecule has 0 bridgehead atoms. The normalized spacial score (nSPS) is 12.5. The highest BCUT2D eigenvalue weighted by Crippen LogP contribution is 2.13. The van der Waals surface area contributed by atoms with Crippen LogP contribution in [0.15, 0.2) is 338 Å². The van der Waals surface area contributed by atoms with E-state index < -0.39 is 80.3 Å². The molecular formula is C108H154N6O28. The monoisotopic (exact) mass is 1980 g/mol. The molecule has 0 amide bonds. The molecule has 0 atom stereocenters. The minimum atomic E-state index is -1.19. The van der Waals surface area contributed by atoms with Gasteiger partial charge in [0.25, 0.3) is 11.4 Å². The zero-order valence-electron chi connectivity index (χ0n) is 83.7. The Morgan fingerprint density at radius 2 is 0.289 bits per heavy atom. The molecule has 0 unspecified atom stereocenters. The SMILES string of the molecule is CC/C=C(\C/C=C\C/C=C\C/C=C\CC(=O)O)[N+](=O)[O-].CC/C=C(\C/C=C\C/C=C\CC(=O)O)[N+](=O)[O-].CC/C=C\C/C=C\C/C(=C\CC(=O)O)[N+](=O)[O-].CC/C=C\C/C=C\C/C=C\C/C(=C\CC(=O)O)[N+](=O)[O-].CC/C=C\C/C=C\C/C=C\C/C=C\CC(=O)O.CC/C=C\C/C=C\C/C=C\CC(=O)O.CC/C=C\C/C=C\C/C=C\CC=C(CC(=O)O)[N+](=O)[O-].CC/C=C\C/C=C\CC=C(CC(=O)O)[N+](=O)[O-]. The van der Waals surface area contributed by atoms with Crippen LogP contribution in [0.25, 0.3) is 0 Å². The topological polar surface area (TPSA) is 557 Å². The second-order valence-corrected chi connectivity index (χ2v) is 28.7. The molecule has 34 nitrogen and oxygen atoms in total. The molecule has 0 rings (SSSR count). The largest absolute Gasteiger partial charge is 0.481 e. The van der Waals surface area contributed by atoms with Crippen molar-refractivity contribution in [1.29, 1.82) is 0 Å². The van der Waals surface area contributed by atoms with E-state index in [0.717, 1.165) is 115 Å². The molecule has 0 saturated heterocycles. The summed E-state index contributed by atoms with van der Waals surface area (Å²) in [5, 5.41) is 131. The lowest BCUT2D eigenvalue weighted by molar-refractivity contribution is -0.427. The summed E-state index contributed by atoms with van der Waals surface area (Å²) < 4.78 is 0. The molecule has 8 N–H and O–H groups in total. The van der Waals surface area contributed by atoms with E-state index in [1.807, 2.05) is 137 Å². The number of nitrogens with zero attached hydrogens (tertiary/aromatic N) is 6. The molecule has 0 aromatic heterocycles. The van der Waals surface area contributed by atoms with Crippen LogP contribution in [-0.2, 0) is 38.4 Å². The average molecular weight is 1980 g/mol. The van der Waals surface area contributed by atoms with Gasteiger partial charge in [-0.15, -0.1) is 0 Å².